The number of hydrogen-bond donors (Lipinski definition) is 0. The second-order valence-electron chi connectivity index (χ2n) is 6.37. The lowest BCUT2D eigenvalue weighted by atomic mass is 10.2. The Hall–Kier alpha value is -3.79. The van der Waals surface area contributed by atoms with Gasteiger partial charge in [0.25, 0.3) is 5.91 Å². The quantitative estimate of drug-likeness (QED) is 0.605. The van der Waals surface area contributed by atoms with Gasteiger partial charge in [0, 0.05) is 25.1 Å². The third kappa shape index (κ3) is 6.09. The van der Waals surface area contributed by atoms with Crippen LogP contribution in [0.3, 0.4) is 0 Å². The molecule has 0 N–H and O–H groups in total. The summed E-state index contributed by atoms with van der Waals surface area (Å²) in [6.45, 7) is 0.400. The average molecular weight is 425 g/mol. The van der Waals surface area contributed by atoms with Gasteiger partial charge in [-0.2, -0.15) is 0 Å². The molecule has 31 heavy (non-hydrogen) atoms. The van der Waals surface area contributed by atoms with Crippen molar-refractivity contribution in [2.75, 3.05) is 49.1 Å². The minimum Gasteiger partial charge on any atom is -0.493 e. The molecule has 2 aromatic rings. The molecule has 0 bridgehead atoms. The summed E-state index contributed by atoms with van der Waals surface area (Å²) in [5.74, 6) is 7.90. The van der Waals surface area contributed by atoms with Crippen LogP contribution in [0.1, 0.15) is 11.1 Å². The van der Waals surface area contributed by atoms with Gasteiger partial charge in [-0.05, 0) is 29.8 Å². The normalized spacial score (nSPS) is 10.1. The van der Waals surface area contributed by atoms with E-state index in [4.69, 9.17) is 23.7 Å². The van der Waals surface area contributed by atoms with Gasteiger partial charge in [0.2, 0.25) is 5.75 Å². The molecule has 0 unspecified atom stereocenters. The molecule has 0 aliphatic heterocycles. The number of carbonyl (C=O) groups excluding carboxylic acids is 1. The molecule has 0 radical (unpaired) electrons. The molecule has 1 amide bonds. The van der Waals surface area contributed by atoms with Crippen LogP contribution in [0, 0.1) is 11.8 Å². The van der Waals surface area contributed by atoms with Gasteiger partial charge in [-0.1, -0.05) is 24.1 Å². The first-order chi connectivity index (χ1) is 15.0. The average Bonchev–Trinajstić information content (AvgIpc) is 2.81. The van der Waals surface area contributed by atoms with Crippen LogP contribution in [-0.2, 0) is 4.79 Å². The summed E-state index contributed by atoms with van der Waals surface area (Å²) in [6, 6.07) is 8.98. The van der Waals surface area contributed by atoms with Crippen molar-refractivity contribution in [2.45, 2.75) is 0 Å². The van der Waals surface area contributed by atoms with Gasteiger partial charge in [0.1, 0.15) is 0 Å². The number of likely N-dealkylation sites (N-methyl/N-ethyl adjacent to an activating group) is 1. The van der Waals surface area contributed by atoms with Gasteiger partial charge < -0.3 is 28.6 Å². The first-order valence-corrected chi connectivity index (χ1v) is 9.43. The van der Waals surface area contributed by atoms with Crippen molar-refractivity contribution in [3.8, 4) is 40.6 Å². The molecule has 7 nitrogen and oxygen atoms in total. The van der Waals surface area contributed by atoms with Gasteiger partial charge in [0.05, 0.1) is 35.5 Å². The number of methoxy groups -OCH3 is 5. The van der Waals surface area contributed by atoms with Crippen LogP contribution in [0.15, 0.2) is 36.4 Å². The maximum Gasteiger partial charge on any atom is 0.298 e. The summed E-state index contributed by atoms with van der Waals surface area (Å²) in [7, 11) is 9.44. The highest BCUT2D eigenvalue weighted by molar-refractivity contribution is 5.94. The smallest absolute Gasteiger partial charge is 0.298 e. The Morgan fingerprint density at radius 2 is 1.48 bits per heavy atom. The highest BCUT2D eigenvalue weighted by Crippen LogP contribution is 2.37. The van der Waals surface area contributed by atoms with Crippen molar-refractivity contribution in [1.29, 1.82) is 0 Å². The van der Waals surface area contributed by atoms with Gasteiger partial charge in [-0.3, -0.25) is 4.79 Å². The van der Waals surface area contributed by atoms with Gasteiger partial charge >= 0.3 is 0 Å². The van der Waals surface area contributed by atoms with Crippen molar-refractivity contribution in [3.05, 3.63) is 47.5 Å². The fourth-order valence-electron chi connectivity index (χ4n) is 2.76. The molecule has 0 atom stereocenters. The lowest BCUT2D eigenvalue weighted by Gasteiger charge is -2.12. The van der Waals surface area contributed by atoms with E-state index in [1.807, 2.05) is 30.4 Å². The van der Waals surface area contributed by atoms with Crippen molar-refractivity contribution < 1.29 is 28.5 Å². The molecule has 0 aliphatic rings. The minimum atomic E-state index is -0.314. The number of nitrogens with zero attached hydrogens (tertiary/aromatic N) is 1. The van der Waals surface area contributed by atoms with Crippen molar-refractivity contribution in [3.63, 3.8) is 0 Å². The predicted octanol–water partition coefficient (Wildman–Crippen LogP) is 3.25. The summed E-state index contributed by atoms with van der Waals surface area (Å²) in [5.41, 5.74) is 1.51. The fourth-order valence-corrected chi connectivity index (χ4v) is 2.76. The van der Waals surface area contributed by atoms with E-state index < -0.39 is 0 Å². The number of amides is 1. The molecule has 0 fully saturated rings. The highest BCUT2D eigenvalue weighted by atomic mass is 16.5. The number of hydrogen-bond acceptors (Lipinski definition) is 6. The van der Waals surface area contributed by atoms with Crippen LogP contribution in [0.4, 0.5) is 0 Å². The van der Waals surface area contributed by atoms with E-state index in [1.165, 1.54) is 26.2 Å². The van der Waals surface area contributed by atoms with Crippen LogP contribution in [0.25, 0.3) is 6.08 Å². The van der Waals surface area contributed by atoms with E-state index in [0.717, 1.165) is 5.56 Å². The number of benzene rings is 2. The molecule has 0 aliphatic carbocycles. The number of carbonyl (C=O) groups is 1. The molecule has 0 heterocycles. The van der Waals surface area contributed by atoms with Gasteiger partial charge in [-0.25, -0.2) is 0 Å². The Morgan fingerprint density at radius 3 is 2.03 bits per heavy atom. The molecular weight excluding hydrogens is 398 g/mol. The SMILES string of the molecule is COc1ccc(C=CCN(C)C(=O)C#Cc2cc(OC)c(OC)c(OC)c2)cc1OC. The standard InChI is InChI=1S/C24H27NO6/c1-25(13-7-8-17-9-11-19(27-2)20(14-17)28-3)23(26)12-10-18-15-21(29-4)24(31-6)22(16-18)30-5/h7-9,11,14-16H,13H2,1-6H3. The van der Waals surface area contributed by atoms with E-state index in [2.05, 4.69) is 11.8 Å². The molecule has 7 heteroatoms. The fraction of sp³-hybridized carbons (Fsp3) is 0.292. The van der Waals surface area contributed by atoms with E-state index in [1.54, 1.807) is 33.4 Å². The van der Waals surface area contributed by atoms with Crippen LogP contribution in [0.2, 0.25) is 0 Å². The third-order valence-electron chi connectivity index (χ3n) is 4.42. The second kappa shape index (κ2) is 11.4. The van der Waals surface area contributed by atoms with E-state index in [-0.39, 0.29) is 5.91 Å². The maximum absolute atomic E-state index is 12.4. The van der Waals surface area contributed by atoms with E-state index in [0.29, 0.717) is 40.9 Å². The van der Waals surface area contributed by atoms with Crippen molar-refractivity contribution >= 4 is 12.0 Å². The monoisotopic (exact) mass is 425 g/mol. The Bertz CT molecular complexity index is 978. The maximum atomic E-state index is 12.4. The molecule has 0 spiro atoms. The summed E-state index contributed by atoms with van der Waals surface area (Å²) in [5, 5.41) is 0. The van der Waals surface area contributed by atoms with E-state index in [9.17, 15) is 4.79 Å². The van der Waals surface area contributed by atoms with Crippen LogP contribution < -0.4 is 23.7 Å². The zero-order valence-electron chi connectivity index (χ0n) is 18.6. The Balaban J connectivity index is 2.07. The van der Waals surface area contributed by atoms with E-state index >= 15 is 0 Å². The predicted molar refractivity (Wildman–Crippen MR) is 119 cm³/mol. The zero-order valence-corrected chi connectivity index (χ0v) is 18.6. The minimum absolute atomic E-state index is 0.314. The Morgan fingerprint density at radius 1 is 0.871 bits per heavy atom. The summed E-state index contributed by atoms with van der Waals surface area (Å²) >= 11 is 0. The molecule has 2 aromatic carbocycles. The molecule has 0 aromatic heterocycles. The molecule has 164 valence electrons. The highest BCUT2D eigenvalue weighted by Gasteiger charge is 2.12. The third-order valence-corrected chi connectivity index (χ3v) is 4.42. The summed E-state index contributed by atoms with van der Waals surface area (Å²) in [6.07, 6.45) is 3.78. The van der Waals surface area contributed by atoms with Crippen molar-refractivity contribution in [2.24, 2.45) is 0 Å². The number of ether oxygens (including phenoxy) is 5. The number of rotatable bonds is 8. The Labute approximate surface area is 183 Å². The first kappa shape index (κ1) is 23.5. The molecule has 0 saturated heterocycles. The topological polar surface area (TPSA) is 66.5 Å². The summed E-state index contributed by atoms with van der Waals surface area (Å²) in [4.78, 5) is 13.9. The molecule has 2 rings (SSSR count). The largest absolute Gasteiger partial charge is 0.493 e. The van der Waals surface area contributed by atoms with Crippen LogP contribution in [0.5, 0.6) is 28.7 Å². The summed E-state index contributed by atoms with van der Waals surface area (Å²) < 4.78 is 26.4. The van der Waals surface area contributed by atoms with Gasteiger partial charge in [0.15, 0.2) is 23.0 Å². The first-order valence-electron chi connectivity index (χ1n) is 9.43. The molecule has 0 saturated carbocycles. The van der Waals surface area contributed by atoms with Gasteiger partial charge in [-0.15, -0.1) is 0 Å². The van der Waals surface area contributed by atoms with Crippen LogP contribution in [-0.4, -0.2) is 59.9 Å². The lowest BCUT2D eigenvalue weighted by molar-refractivity contribution is -0.123. The van der Waals surface area contributed by atoms with Crippen LogP contribution >= 0.6 is 0 Å². The lowest BCUT2D eigenvalue weighted by Crippen LogP contribution is -2.25. The molecular formula is C24H27NO6. The zero-order chi connectivity index (χ0) is 22.8. The second-order valence-corrected chi connectivity index (χ2v) is 6.37. The van der Waals surface area contributed by atoms with Crippen molar-refractivity contribution in [1.82, 2.24) is 4.90 Å². The Kier molecular flexibility index (Phi) is 8.64.